The van der Waals surface area contributed by atoms with E-state index < -0.39 is 4.92 Å². The first kappa shape index (κ1) is 15.6. The highest BCUT2D eigenvalue weighted by molar-refractivity contribution is 6.42. The second-order valence-corrected chi connectivity index (χ2v) is 5.08. The fourth-order valence-electron chi connectivity index (χ4n) is 1.58. The number of aldehydes is 1. The van der Waals surface area contributed by atoms with Gasteiger partial charge in [0.25, 0.3) is 0 Å². The molecule has 108 valence electrons. The molecule has 0 unspecified atom stereocenters. The molecule has 0 aliphatic carbocycles. The van der Waals surface area contributed by atoms with Gasteiger partial charge >= 0.3 is 5.69 Å². The maximum atomic E-state index is 11.0. The molecule has 2 aromatic carbocycles. The van der Waals surface area contributed by atoms with Crippen molar-refractivity contribution in [2.24, 2.45) is 0 Å². The van der Waals surface area contributed by atoms with Crippen molar-refractivity contribution in [2.45, 2.75) is 0 Å². The number of ether oxygens (including phenoxy) is 1. The van der Waals surface area contributed by atoms with Crippen LogP contribution in [0.15, 0.2) is 30.3 Å². The number of carbonyl (C=O) groups is 1. The zero-order valence-electron chi connectivity index (χ0n) is 10.2. The lowest BCUT2D eigenvalue weighted by Gasteiger charge is -2.10. The van der Waals surface area contributed by atoms with E-state index in [9.17, 15) is 14.9 Å². The lowest BCUT2D eigenvalue weighted by atomic mass is 10.2. The second kappa shape index (κ2) is 6.30. The molecule has 0 bridgehead atoms. The molecule has 0 saturated carbocycles. The molecule has 0 N–H and O–H groups in total. The van der Waals surface area contributed by atoms with E-state index in [1.54, 1.807) is 6.07 Å². The van der Waals surface area contributed by atoms with Crippen molar-refractivity contribution in [1.82, 2.24) is 0 Å². The van der Waals surface area contributed by atoms with Crippen LogP contribution in [0.3, 0.4) is 0 Å². The predicted molar refractivity (Wildman–Crippen MR) is 80.0 cm³/mol. The van der Waals surface area contributed by atoms with E-state index in [0.717, 1.165) is 6.07 Å². The Morgan fingerprint density at radius 1 is 1.05 bits per heavy atom. The number of carbonyl (C=O) groups excluding carboxylic acids is 1. The van der Waals surface area contributed by atoms with Gasteiger partial charge in [0.1, 0.15) is 5.75 Å². The molecule has 5 nitrogen and oxygen atoms in total. The summed E-state index contributed by atoms with van der Waals surface area (Å²) in [5.41, 5.74) is -0.291. The Labute approximate surface area is 134 Å². The molecule has 21 heavy (non-hydrogen) atoms. The van der Waals surface area contributed by atoms with E-state index in [0.29, 0.717) is 6.29 Å². The fraction of sp³-hybridized carbons (Fsp3) is 0. The third kappa shape index (κ3) is 3.26. The number of hydrogen-bond donors (Lipinski definition) is 0. The molecule has 0 amide bonds. The molecule has 0 atom stereocenters. The van der Waals surface area contributed by atoms with Gasteiger partial charge in [-0.15, -0.1) is 0 Å². The first-order valence-electron chi connectivity index (χ1n) is 5.49. The van der Waals surface area contributed by atoms with E-state index in [1.165, 1.54) is 18.2 Å². The first-order chi connectivity index (χ1) is 9.93. The van der Waals surface area contributed by atoms with Crippen LogP contribution in [-0.4, -0.2) is 11.2 Å². The SMILES string of the molecule is O=Cc1c(Cl)cccc1Oc1cc(Cl)c(Cl)cc1[N+](=O)[O-]. The van der Waals surface area contributed by atoms with Crippen LogP contribution in [0.25, 0.3) is 0 Å². The molecule has 0 aliphatic heterocycles. The number of hydrogen-bond acceptors (Lipinski definition) is 4. The Morgan fingerprint density at radius 3 is 2.33 bits per heavy atom. The van der Waals surface area contributed by atoms with Crippen LogP contribution in [0.4, 0.5) is 5.69 Å². The van der Waals surface area contributed by atoms with Gasteiger partial charge < -0.3 is 4.74 Å². The monoisotopic (exact) mass is 345 g/mol. The Morgan fingerprint density at radius 2 is 1.71 bits per heavy atom. The van der Waals surface area contributed by atoms with Crippen LogP contribution in [0.1, 0.15) is 10.4 Å². The molecule has 2 rings (SSSR count). The van der Waals surface area contributed by atoms with Gasteiger partial charge in [-0.05, 0) is 12.1 Å². The molecule has 0 aromatic heterocycles. The summed E-state index contributed by atoms with van der Waals surface area (Å²) in [6.07, 6.45) is 0.501. The highest BCUT2D eigenvalue weighted by Crippen LogP contribution is 2.39. The number of benzene rings is 2. The van der Waals surface area contributed by atoms with Gasteiger partial charge in [-0.1, -0.05) is 40.9 Å². The summed E-state index contributed by atoms with van der Waals surface area (Å²) in [6, 6.07) is 6.79. The number of halogens is 3. The lowest BCUT2D eigenvalue weighted by Crippen LogP contribution is -1.96. The van der Waals surface area contributed by atoms with Crippen molar-refractivity contribution < 1.29 is 14.5 Å². The van der Waals surface area contributed by atoms with Crippen molar-refractivity contribution in [3.63, 3.8) is 0 Å². The second-order valence-electron chi connectivity index (χ2n) is 3.86. The molecule has 0 fully saturated rings. The van der Waals surface area contributed by atoms with Crippen molar-refractivity contribution in [3.8, 4) is 11.5 Å². The quantitative estimate of drug-likeness (QED) is 0.435. The standard InChI is InChI=1S/C13H6Cl3NO4/c14-8-2-1-3-12(7(8)6-18)21-13-5-10(16)9(15)4-11(13)17(19)20/h1-6H. The average Bonchev–Trinajstić information content (AvgIpc) is 2.42. The average molecular weight is 347 g/mol. The smallest absolute Gasteiger partial charge is 0.313 e. The third-order valence-corrected chi connectivity index (χ3v) is 3.60. The minimum absolute atomic E-state index is 0.0254. The highest BCUT2D eigenvalue weighted by Gasteiger charge is 2.20. The van der Waals surface area contributed by atoms with Gasteiger partial charge in [0.2, 0.25) is 5.75 Å². The molecular formula is C13H6Cl3NO4. The lowest BCUT2D eigenvalue weighted by molar-refractivity contribution is -0.385. The van der Waals surface area contributed by atoms with Gasteiger partial charge in [-0.2, -0.15) is 0 Å². The molecule has 0 saturated heterocycles. The summed E-state index contributed by atoms with van der Waals surface area (Å²) in [6.45, 7) is 0. The van der Waals surface area contributed by atoms with Crippen molar-refractivity contribution in [1.29, 1.82) is 0 Å². The summed E-state index contributed by atoms with van der Waals surface area (Å²) in [5.74, 6) is -0.0567. The van der Waals surface area contributed by atoms with Crippen LogP contribution in [0.2, 0.25) is 15.1 Å². The predicted octanol–water partition coefficient (Wildman–Crippen LogP) is 5.16. The van der Waals surface area contributed by atoms with Gasteiger partial charge in [0, 0.05) is 12.1 Å². The Kier molecular flexibility index (Phi) is 4.67. The normalized spacial score (nSPS) is 10.2. The largest absolute Gasteiger partial charge is 0.449 e. The van der Waals surface area contributed by atoms with Crippen LogP contribution in [0.5, 0.6) is 11.5 Å². The van der Waals surface area contributed by atoms with Gasteiger partial charge in [-0.3, -0.25) is 14.9 Å². The van der Waals surface area contributed by atoms with Crippen molar-refractivity contribution in [3.05, 3.63) is 61.1 Å². The summed E-state index contributed by atoms with van der Waals surface area (Å²) >= 11 is 17.4. The number of nitro benzene ring substituents is 1. The molecule has 0 spiro atoms. The van der Waals surface area contributed by atoms with Crippen LogP contribution < -0.4 is 4.74 Å². The number of nitrogens with zero attached hydrogens (tertiary/aromatic N) is 1. The number of rotatable bonds is 4. The molecule has 8 heteroatoms. The number of nitro groups is 1. The minimum atomic E-state index is -0.664. The third-order valence-electron chi connectivity index (χ3n) is 2.55. The van der Waals surface area contributed by atoms with Gasteiger partial charge in [-0.25, -0.2) is 0 Å². The summed E-state index contributed by atoms with van der Waals surface area (Å²) < 4.78 is 5.41. The Hall–Kier alpha value is -1.82. The molecule has 0 heterocycles. The first-order valence-corrected chi connectivity index (χ1v) is 6.62. The van der Waals surface area contributed by atoms with Crippen LogP contribution in [-0.2, 0) is 0 Å². The van der Waals surface area contributed by atoms with Crippen LogP contribution in [0, 0.1) is 10.1 Å². The molecular weight excluding hydrogens is 341 g/mol. The fourth-order valence-corrected chi connectivity index (χ4v) is 2.10. The van der Waals surface area contributed by atoms with Crippen molar-refractivity contribution >= 4 is 46.8 Å². The molecule has 0 aliphatic rings. The van der Waals surface area contributed by atoms with E-state index in [2.05, 4.69) is 0 Å². The van der Waals surface area contributed by atoms with E-state index in [4.69, 9.17) is 39.5 Å². The molecule has 0 radical (unpaired) electrons. The zero-order valence-corrected chi connectivity index (χ0v) is 12.4. The van der Waals surface area contributed by atoms with Crippen molar-refractivity contribution in [2.75, 3.05) is 0 Å². The van der Waals surface area contributed by atoms with Gasteiger partial charge in [0.15, 0.2) is 6.29 Å². The topological polar surface area (TPSA) is 69.4 Å². The maximum absolute atomic E-state index is 11.0. The summed E-state index contributed by atoms with van der Waals surface area (Å²) in [7, 11) is 0. The van der Waals surface area contributed by atoms with Crippen LogP contribution >= 0.6 is 34.8 Å². The van der Waals surface area contributed by atoms with E-state index >= 15 is 0 Å². The zero-order chi connectivity index (χ0) is 15.6. The Balaban J connectivity index is 2.54. The van der Waals surface area contributed by atoms with E-state index in [-0.39, 0.29) is 37.8 Å². The maximum Gasteiger partial charge on any atom is 0.313 e. The van der Waals surface area contributed by atoms with Gasteiger partial charge in [0.05, 0.1) is 25.6 Å². The summed E-state index contributed by atoms with van der Waals surface area (Å²) in [4.78, 5) is 21.4. The highest BCUT2D eigenvalue weighted by atomic mass is 35.5. The Bertz CT molecular complexity index is 734. The minimum Gasteiger partial charge on any atom is -0.449 e. The van der Waals surface area contributed by atoms with E-state index in [1.807, 2.05) is 0 Å². The summed E-state index contributed by atoms with van der Waals surface area (Å²) in [5, 5.41) is 11.3. The molecule has 2 aromatic rings.